The van der Waals surface area contributed by atoms with Crippen molar-refractivity contribution >= 4 is 17.4 Å². The first-order valence-electron chi connectivity index (χ1n) is 7.31. The van der Waals surface area contributed by atoms with Crippen LogP contribution in [0.3, 0.4) is 0 Å². The van der Waals surface area contributed by atoms with Crippen molar-refractivity contribution in [1.29, 1.82) is 0 Å². The largest absolute Gasteiger partial charge is 0.397 e. The van der Waals surface area contributed by atoms with Crippen LogP contribution in [-0.4, -0.2) is 24.5 Å². The first kappa shape index (κ1) is 13.2. The second-order valence-corrected chi connectivity index (χ2v) is 6.31. The highest BCUT2D eigenvalue weighted by atomic mass is 16.1. The van der Waals surface area contributed by atoms with Gasteiger partial charge in [0, 0.05) is 13.6 Å². The smallest absolute Gasteiger partial charge is 0.250 e. The molecule has 3 rings (SSSR count). The van der Waals surface area contributed by atoms with Crippen LogP contribution in [0.15, 0.2) is 12.3 Å². The molecule has 2 fully saturated rings. The Balaban J connectivity index is 1.72. The highest BCUT2D eigenvalue weighted by Gasteiger charge is 2.39. The number of pyridine rings is 1. The number of nitrogen functional groups attached to an aromatic ring is 1. The molecule has 2 aliphatic carbocycles. The van der Waals surface area contributed by atoms with E-state index in [1.807, 2.05) is 7.05 Å². The fraction of sp³-hybridized carbons (Fsp3) is 0.600. The van der Waals surface area contributed by atoms with Gasteiger partial charge in [-0.1, -0.05) is 6.42 Å². The van der Waals surface area contributed by atoms with Gasteiger partial charge in [0.25, 0.3) is 5.91 Å². The molecule has 0 saturated heterocycles. The van der Waals surface area contributed by atoms with Crippen LogP contribution in [0.4, 0.5) is 11.5 Å². The number of nitrogens with two attached hydrogens (primary N) is 2. The zero-order valence-corrected chi connectivity index (χ0v) is 11.9. The molecule has 0 radical (unpaired) electrons. The van der Waals surface area contributed by atoms with Gasteiger partial charge in [0.15, 0.2) is 0 Å². The van der Waals surface area contributed by atoms with E-state index in [4.69, 9.17) is 11.5 Å². The molecule has 2 aliphatic rings. The SMILES string of the molecule is CN(CC1CC2CCC1C2)c1cc(C(N)=O)c(N)cn1. The Morgan fingerprint density at radius 3 is 2.85 bits per heavy atom. The summed E-state index contributed by atoms with van der Waals surface area (Å²) >= 11 is 0. The Hall–Kier alpha value is -1.78. The molecule has 3 atom stereocenters. The summed E-state index contributed by atoms with van der Waals surface area (Å²) in [6.07, 6.45) is 7.06. The molecule has 1 heterocycles. The van der Waals surface area contributed by atoms with Crippen LogP contribution >= 0.6 is 0 Å². The Morgan fingerprint density at radius 1 is 1.45 bits per heavy atom. The van der Waals surface area contributed by atoms with Gasteiger partial charge < -0.3 is 16.4 Å². The Bertz CT molecular complexity index is 531. The van der Waals surface area contributed by atoms with E-state index in [-0.39, 0.29) is 0 Å². The lowest BCUT2D eigenvalue weighted by atomic mass is 9.88. The summed E-state index contributed by atoms with van der Waals surface area (Å²) in [6, 6.07) is 1.70. The van der Waals surface area contributed by atoms with Crippen LogP contribution < -0.4 is 16.4 Å². The van der Waals surface area contributed by atoms with Gasteiger partial charge >= 0.3 is 0 Å². The summed E-state index contributed by atoms with van der Waals surface area (Å²) < 4.78 is 0. The number of primary amides is 1. The average molecular weight is 274 g/mol. The molecule has 4 N–H and O–H groups in total. The first-order valence-corrected chi connectivity index (χ1v) is 7.31. The Kier molecular flexibility index (Phi) is 3.28. The van der Waals surface area contributed by atoms with Gasteiger partial charge in [0.05, 0.1) is 17.4 Å². The molecule has 1 amide bonds. The average Bonchev–Trinajstić information content (AvgIpc) is 3.01. The maximum Gasteiger partial charge on any atom is 0.250 e. The summed E-state index contributed by atoms with van der Waals surface area (Å²) in [5.74, 6) is 2.86. The molecular weight excluding hydrogens is 252 g/mol. The van der Waals surface area contributed by atoms with E-state index in [2.05, 4.69) is 9.88 Å². The van der Waals surface area contributed by atoms with Crippen LogP contribution in [0, 0.1) is 17.8 Å². The van der Waals surface area contributed by atoms with Crippen molar-refractivity contribution in [2.24, 2.45) is 23.5 Å². The van der Waals surface area contributed by atoms with Crippen molar-refractivity contribution in [3.8, 4) is 0 Å². The van der Waals surface area contributed by atoms with Crippen molar-refractivity contribution < 1.29 is 4.79 Å². The molecular formula is C15H22N4O. The van der Waals surface area contributed by atoms with Crippen LogP contribution in [0.25, 0.3) is 0 Å². The zero-order valence-electron chi connectivity index (χ0n) is 11.9. The maximum absolute atomic E-state index is 11.3. The summed E-state index contributed by atoms with van der Waals surface area (Å²) in [5.41, 5.74) is 11.8. The number of rotatable bonds is 4. The lowest BCUT2D eigenvalue weighted by Crippen LogP contribution is -2.29. The number of anilines is 2. The molecule has 0 spiro atoms. The number of carbonyl (C=O) groups excluding carboxylic acids is 1. The van der Waals surface area contributed by atoms with Crippen LogP contribution in [-0.2, 0) is 0 Å². The fourth-order valence-corrected chi connectivity index (χ4v) is 3.92. The van der Waals surface area contributed by atoms with Crippen LogP contribution in [0.5, 0.6) is 0 Å². The van der Waals surface area contributed by atoms with Gasteiger partial charge in [-0.3, -0.25) is 4.79 Å². The van der Waals surface area contributed by atoms with E-state index in [9.17, 15) is 4.79 Å². The molecule has 20 heavy (non-hydrogen) atoms. The second-order valence-electron chi connectivity index (χ2n) is 6.31. The van der Waals surface area contributed by atoms with Crippen molar-refractivity contribution in [2.45, 2.75) is 25.7 Å². The fourth-order valence-electron chi connectivity index (χ4n) is 3.92. The number of hydrogen-bond donors (Lipinski definition) is 2. The van der Waals surface area contributed by atoms with Crippen LogP contribution in [0.2, 0.25) is 0 Å². The van der Waals surface area contributed by atoms with E-state index in [0.29, 0.717) is 11.3 Å². The quantitative estimate of drug-likeness (QED) is 0.874. The Labute approximate surface area is 119 Å². The van der Waals surface area contributed by atoms with Gasteiger partial charge in [0.1, 0.15) is 5.82 Å². The molecule has 2 saturated carbocycles. The number of carbonyl (C=O) groups is 1. The minimum Gasteiger partial charge on any atom is -0.397 e. The van der Waals surface area contributed by atoms with Gasteiger partial charge in [-0.2, -0.15) is 0 Å². The molecule has 5 nitrogen and oxygen atoms in total. The van der Waals surface area contributed by atoms with Gasteiger partial charge in [0.2, 0.25) is 0 Å². The maximum atomic E-state index is 11.3. The minimum atomic E-state index is -0.500. The molecule has 5 heteroatoms. The molecule has 1 aromatic rings. The number of aromatic nitrogens is 1. The summed E-state index contributed by atoms with van der Waals surface area (Å²) in [4.78, 5) is 17.8. The van der Waals surface area contributed by atoms with E-state index in [1.54, 1.807) is 6.07 Å². The zero-order chi connectivity index (χ0) is 14.3. The molecule has 2 bridgehead atoms. The number of nitrogens with zero attached hydrogens (tertiary/aromatic N) is 2. The van der Waals surface area contributed by atoms with Gasteiger partial charge in [-0.05, 0) is 43.1 Å². The van der Waals surface area contributed by atoms with Crippen molar-refractivity contribution in [3.05, 3.63) is 17.8 Å². The standard InChI is InChI=1S/C15H22N4O/c1-19(8-11-5-9-2-3-10(11)4-9)14-6-12(15(17)20)13(16)7-18-14/h6-7,9-11H,2-5,8,16H2,1H3,(H2,17,20). The second kappa shape index (κ2) is 4.96. The molecule has 108 valence electrons. The predicted molar refractivity (Wildman–Crippen MR) is 79.4 cm³/mol. The Morgan fingerprint density at radius 2 is 2.25 bits per heavy atom. The number of hydrogen-bond acceptors (Lipinski definition) is 4. The van der Waals surface area contributed by atoms with Crippen molar-refractivity contribution in [2.75, 3.05) is 24.2 Å². The topological polar surface area (TPSA) is 85.2 Å². The summed E-state index contributed by atoms with van der Waals surface area (Å²) in [7, 11) is 2.02. The van der Waals surface area contributed by atoms with E-state index >= 15 is 0 Å². The first-order chi connectivity index (χ1) is 9.54. The monoisotopic (exact) mass is 274 g/mol. The number of amides is 1. The van der Waals surface area contributed by atoms with E-state index in [0.717, 1.165) is 30.1 Å². The van der Waals surface area contributed by atoms with E-state index < -0.39 is 5.91 Å². The molecule has 0 aliphatic heterocycles. The lowest BCUT2D eigenvalue weighted by molar-refractivity contribution is 0.100. The van der Waals surface area contributed by atoms with Crippen LogP contribution in [0.1, 0.15) is 36.0 Å². The molecule has 3 unspecified atom stereocenters. The normalized spacial score (nSPS) is 27.8. The minimum absolute atomic E-state index is 0.342. The van der Waals surface area contributed by atoms with Gasteiger partial charge in [-0.25, -0.2) is 4.98 Å². The molecule has 1 aromatic heterocycles. The summed E-state index contributed by atoms with van der Waals surface area (Å²) in [6.45, 7) is 0.996. The predicted octanol–water partition coefficient (Wildman–Crippen LogP) is 1.64. The third-order valence-electron chi connectivity index (χ3n) is 4.97. The third kappa shape index (κ3) is 2.32. The van der Waals surface area contributed by atoms with Crippen molar-refractivity contribution in [1.82, 2.24) is 4.98 Å². The summed E-state index contributed by atoms with van der Waals surface area (Å²) in [5, 5.41) is 0. The van der Waals surface area contributed by atoms with E-state index in [1.165, 1.54) is 31.9 Å². The third-order valence-corrected chi connectivity index (χ3v) is 4.97. The van der Waals surface area contributed by atoms with Gasteiger partial charge in [-0.15, -0.1) is 0 Å². The number of fused-ring (bicyclic) bond motifs is 2. The highest BCUT2D eigenvalue weighted by molar-refractivity contribution is 5.98. The molecule has 0 aromatic carbocycles. The highest BCUT2D eigenvalue weighted by Crippen LogP contribution is 2.48. The lowest BCUT2D eigenvalue weighted by Gasteiger charge is -2.28. The van der Waals surface area contributed by atoms with Crippen molar-refractivity contribution in [3.63, 3.8) is 0 Å².